The smallest absolute Gasteiger partial charge is 0.225 e. The number of ether oxygens (including phenoxy) is 1. The summed E-state index contributed by atoms with van der Waals surface area (Å²) in [6, 6.07) is 5.51. The Morgan fingerprint density at radius 3 is 2.59 bits per heavy atom. The molecule has 0 amide bonds. The van der Waals surface area contributed by atoms with Crippen molar-refractivity contribution in [3.8, 4) is 11.8 Å². The van der Waals surface area contributed by atoms with Gasteiger partial charge in [-0.2, -0.15) is 5.26 Å². The zero-order chi connectivity index (χ0) is 18.6. The van der Waals surface area contributed by atoms with E-state index in [9.17, 15) is 0 Å². The standard InChI is InChI=1S/C20H22ClN5O/c21-16-11-24-20(25-12-16)26-6-3-14(4-7-26)19-9-15(19)5-8-27-18-2-1-17(10-22)23-13-18/h1-2,11-15,19H,3-9H2. The largest absolute Gasteiger partial charge is 0.492 e. The molecule has 2 unspecified atom stereocenters. The summed E-state index contributed by atoms with van der Waals surface area (Å²) in [7, 11) is 0. The van der Waals surface area contributed by atoms with Gasteiger partial charge in [-0.15, -0.1) is 0 Å². The molecule has 2 atom stereocenters. The number of nitrogens with zero attached hydrogens (tertiary/aromatic N) is 5. The Kier molecular flexibility index (Phi) is 5.40. The SMILES string of the molecule is N#Cc1ccc(OCCC2CC2C2CCN(c3ncc(Cl)cn3)CC2)cn1. The summed E-state index contributed by atoms with van der Waals surface area (Å²) in [5.74, 6) is 3.94. The number of nitriles is 1. The van der Waals surface area contributed by atoms with Gasteiger partial charge in [0.25, 0.3) is 0 Å². The lowest BCUT2D eigenvalue weighted by molar-refractivity contribution is 0.283. The van der Waals surface area contributed by atoms with E-state index >= 15 is 0 Å². The van der Waals surface area contributed by atoms with E-state index in [1.54, 1.807) is 24.7 Å². The summed E-state index contributed by atoms with van der Waals surface area (Å²) < 4.78 is 5.77. The van der Waals surface area contributed by atoms with Crippen LogP contribution in [0.15, 0.2) is 30.7 Å². The van der Waals surface area contributed by atoms with E-state index in [0.717, 1.165) is 49.0 Å². The minimum atomic E-state index is 0.417. The van der Waals surface area contributed by atoms with Gasteiger partial charge in [-0.1, -0.05) is 11.6 Å². The van der Waals surface area contributed by atoms with Gasteiger partial charge in [0.15, 0.2) is 0 Å². The summed E-state index contributed by atoms with van der Waals surface area (Å²) in [5, 5.41) is 9.34. The highest BCUT2D eigenvalue weighted by atomic mass is 35.5. The number of hydrogen-bond donors (Lipinski definition) is 0. The van der Waals surface area contributed by atoms with Crippen molar-refractivity contribution >= 4 is 17.5 Å². The number of piperidine rings is 1. The van der Waals surface area contributed by atoms with E-state index < -0.39 is 0 Å². The normalized spacial score (nSPS) is 22.3. The second-order valence-corrected chi connectivity index (χ2v) is 7.75. The average Bonchev–Trinajstić information content (AvgIpc) is 3.49. The summed E-state index contributed by atoms with van der Waals surface area (Å²) in [5.41, 5.74) is 0.417. The second-order valence-electron chi connectivity index (χ2n) is 7.31. The van der Waals surface area contributed by atoms with Gasteiger partial charge in [0, 0.05) is 13.1 Å². The van der Waals surface area contributed by atoms with Crippen LogP contribution in [0.2, 0.25) is 5.02 Å². The Hall–Kier alpha value is -2.39. The van der Waals surface area contributed by atoms with Gasteiger partial charge in [-0.25, -0.2) is 15.0 Å². The molecule has 140 valence electrons. The highest BCUT2D eigenvalue weighted by Gasteiger charge is 2.43. The lowest BCUT2D eigenvalue weighted by Gasteiger charge is -2.32. The maximum Gasteiger partial charge on any atom is 0.225 e. The number of hydrogen-bond acceptors (Lipinski definition) is 6. The van der Waals surface area contributed by atoms with Crippen molar-refractivity contribution in [2.45, 2.75) is 25.7 Å². The maximum absolute atomic E-state index is 8.76. The monoisotopic (exact) mass is 383 g/mol. The molecule has 2 fully saturated rings. The first kappa shape index (κ1) is 18.0. The molecular weight excluding hydrogens is 362 g/mol. The van der Waals surface area contributed by atoms with Gasteiger partial charge in [-0.3, -0.25) is 0 Å². The van der Waals surface area contributed by atoms with Crippen molar-refractivity contribution < 1.29 is 4.74 Å². The highest BCUT2D eigenvalue weighted by Crippen LogP contribution is 2.49. The van der Waals surface area contributed by atoms with Crippen molar-refractivity contribution in [1.29, 1.82) is 5.26 Å². The molecule has 1 saturated heterocycles. The topological polar surface area (TPSA) is 74.9 Å². The molecule has 4 rings (SSSR count). The highest BCUT2D eigenvalue weighted by molar-refractivity contribution is 6.30. The molecule has 1 saturated carbocycles. The number of anilines is 1. The second kappa shape index (κ2) is 8.10. The molecular formula is C20H22ClN5O. The van der Waals surface area contributed by atoms with Gasteiger partial charge in [-0.05, 0) is 55.6 Å². The Bertz CT molecular complexity index is 797. The van der Waals surface area contributed by atoms with Crippen LogP contribution >= 0.6 is 11.6 Å². The van der Waals surface area contributed by atoms with E-state index in [0.29, 0.717) is 17.3 Å². The third-order valence-corrected chi connectivity index (χ3v) is 5.82. The first-order valence-electron chi connectivity index (χ1n) is 9.44. The summed E-state index contributed by atoms with van der Waals surface area (Å²) in [6.07, 6.45) is 9.76. The fourth-order valence-electron chi connectivity index (χ4n) is 4.04. The molecule has 2 aromatic rings. The number of pyridine rings is 1. The molecule has 0 spiro atoms. The molecule has 0 aromatic carbocycles. The molecule has 0 N–H and O–H groups in total. The third kappa shape index (κ3) is 4.48. The molecule has 2 aliphatic rings. The zero-order valence-corrected chi connectivity index (χ0v) is 15.8. The van der Waals surface area contributed by atoms with Crippen LogP contribution < -0.4 is 9.64 Å². The average molecular weight is 384 g/mol. The summed E-state index contributed by atoms with van der Waals surface area (Å²) >= 11 is 5.86. The lowest BCUT2D eigenvalue weighted by atomic mass is 9.90. The van der Waals surface area contributed by atoms with Crippen LogP contribution in [0.3, 0.4) is 0 Å². The molecule has 3 heterocycles. The van der Waals surface area contributed by atoms with E-state index in [1.807, 2.05) is 12.1 Å². The van der Waals surface area contributed by atoms with E-state index in [1.165, 1.54) is 19.3 Å². The van der Waals surface area contributed by atoms with Gasteiger partial charge in [0.2, 0.25) is 5.95 Å². The van der Waals surface area contributed by atoms with Crippen LogP contribution in [-0.2, 0) is 0 Å². The molecule has 0 radical (unpaired) electrons. The van der Waals surface area contributed by atoms with E-state index in [-0.39, 0.29) is 0 Å². The Morgan fingerprint density at radius 2 is 1.93 bits per heavy atom. The third-order valence-electron chi connectivity index (χ3n) is 5.62. The fraction of sp³-hybridized carbons (Fsp3) is 0.500. The van der Waals surface area contributed by atoms with Crippen molar-refractivity contribution in [1.82, 2.24) is 15.0 Å². The maximum atomic E-state index is 8.76. The van der Waals surface area contributed by atoms with Crippen molar-refractivity contribution in [3.63, 3.8) is 0 Å². The summed E-state index contributed by atoms with van der Waals surface area (Å²) in [6.45, 7) is 2.75. The van der Waals surface area contributed by atoms with Crippen LogP contribution in [0.25, 0.3) is 0 Å². The van der Waals surface area contributed by atoms with Crippen LogP contribution in [0, 0.1) is 29.1 Å². The van der Waals surface area contributed by atoms with Gasteiger partial charge in [0.05, 0.1) is 30.2 Å². The zero-order valence-electron chi connectivity index (χ0n) is 15.1. The van der Waals surface area contributed by atoms with Crippen molar-refractivity contribution in [2.75, 3.05) is 24.6 Å². The van der Waals surface area contributed by atoms with Gasteiger partial charge < -0.3 is 9.64 Å². The predicted octanol–water partition coefficient (Wildman–Crippen LogP) is 3.72. The Balaban J connectivity index is 1.17. The molecule has 1 aliphatic carbocycles. The van der Waals surface area contributed by atoms with E-state index in [2.05, 4.69) is 19.9 Å². The summed E-state index contributed by atoms with van der Waals surface area (Å²) in [4.78, 5) is 14.9. The molecule has 1 aliphatic heterocycles. The van der Waals surface area contributed by atoms with Gasteiger partial charge in [0.1, 0.15) is 17.5 Å². The molecule has 0 bridgehead atoms. The van der Waals surface area contributed by atoms with Crippen molar-refractivity contribution in [3.05, 3.63) is 41.4 Å². The first-order chi connectivity index (χ1) is 13.2. The van der Waals surface area contributed by atoms with Gasteiger partial charge >= 0.3 is 0 Å². The van der Waals surface area contributed by atoms with Crippen LogP contribution in [-0.4, -0.2) is 34.6 Å². The van der Waals surface area contributed by atoms with E-state index in [4.69, 9.17) is 21.6 Å². The molecule has 7 heteroatoms. The molecule has 27 heavy (non-hydrogen) atoms. The van der Waals surface area contributed by atoms with Crippen molar-refractivity contribution in [2.24, 2.45) is 17.8 Å². The minimum Gasteiger partial charge on any atom is -0.492 e. The fourth-order valence-corrected chi connectivity index (χ4v) is 4.13. The number of aromatic nitrogens is 3. The van der Waals surface area contributed by atoms with Crippen LogP contribution in [0.4, 0.5) is 5.95 Å². The van der Waals surface area contributed by atoms with Crippen LogP contribution in [0.1, 0.15) is 31.4 Å². The first-order valence-corrected chi connectivity index (χ1v) is 9.82. The Morgan fingerprint density at radius 1 is 1.15 bits per heavy atom. The molecule has 2 aromatic heterocycles. The minimum absolute atomic E-state index is 0.417. The predicted molar refractivity (Wildman–Crippen MR) is 103 cm³/mol. The number of halogens is 1. The van der Waals surface area contributed by atoms with Crippen LogP contribution in [0.5, 0.6) is 5.75 Å². The number of rotatable bonds is 6. The quantitative estimate of drug-likeness (QED) is 0.756. The Labute approximate surface area is 164 Å². The molecule has 6 nitrogen and oxygen atoms in total. The lowest BCUT2D eigenvalue weighted by Crippen LogP contribution is -2.35.